The molecule has 2 heterocycles. The fourth-order valence-electron chi connectivity index (χ4n) is 4.43. The normalized spacial score (nSPS) is 15.1. The average Bonchev–Trinajstić information content (AvgIpc) is 3.24. The molecule has 1 aromatic heterocycles. The van der Waals surface area contributed by atoms with E-state index in [2.05, 4.69) is 10.2 Å². The summed E-state index contributed by atoms with van der Waals surface area (Å²) < 4.78 is 30.3. The first kappa shape index (κ1) is 21.2. The molecule has 0 saturated carbocycles. The predicted octanol–water partition coefficient (Wildman–Crippen LogP) is 6.26. The minimum atomic E-state index is -1.04. The topological polar surface area (TPSA) is 72.5 Å². The molecule has 33 heavy (non-hydrogen) atoms. The summed E-state index contributed by atoms with van der Waals surface area (Å²) in [4.78, 5) is 15.0. The lowest BCUT2D eigenvalue weighted by Gasteiger charge is -2.50. The fourth-order valence-corrected chi connectivity index (χ4v) is 4.55. The van der Waals surface area contributed by atoms with Gasteiger partial charge in [-0.05, 0) is 62.4 Å². The van der Waals surface area contributed by atoms with Gasteiger partial charge in [-0.3, -0.25) is 5.10 Å². The monoisotopic (exact) mass is 468 g/mol. The number of fused-ring (bicyclic) bond motifs is 2. The number of aromatic amines is 1. The zero-order valence-corrected chi connectivity index (χ0v) is 18.5. The van der Waals surface area contributed by atoms with E-state index >= 15 is 4.39 Å². The molecule has 0 amide bonds. The van der Waals surface area contributed by atoms with Crippen LogP contribution in [0.1, 0.15) is 24.2 Å². The van der Waals surface area contributed by atoms with Crippen LogP contribution in [0, 0.1) is 11.6 Å². The molecule has 0 saturated heterocycles. The molecule has 168 valence electrons. The van der Waals surface area contributed by atoms with E-state index in [0.29, 0.717) is 29.0 Å². The highest BCUT2D eigenvalue weighted by atomic mass is 35.5. The molecular formula is C24H19ClF2N4O2. The Hall–Kier alpha value is -3.65. The molecule has 0 atom stereocenters. The van der Waals surface area contributed by atoms with Gasteiger partial charge in [0.15, 0.2) is 5.82 Å². The van der Waals surface area contributed by atoms with Crippen LogP contribution in [0.25, 0.3) is 10.9 Å². The molecule has 0 radical (unpaired) electrons. The van der Waals surface area contributed by atoms with Crippen molar-refractivity contribution in [2.45, 2.75) is 19.4 Å². The van der Waals surface area contributed by atoms with Crippen molar-refractivity contribution in [3.05, 3.63) is 76.9 Å². The smallest absolute Gasteiger partial charge is 0.335 e. The molecule has 1 aliphatic rings. The van der Waals surface area contributed by atoms with E-state index in [0.717, 1.165) is 0 Å². The quantitative estimate of drug-likeness (QED) is 0.371. The third-order valence-electron chi connectivity index (χ3n) is 5.88. The van der Waals surface area contributed by atoms with Crippen LogP contribution in [0.5, 0.6) is 0 Å². The Kier molecular flexibility index (Phi) is 4.79. The molecule has 4 aromatic rings. The predicted molar refractivity (Wildman–Crippen MR) is 124 cm³/mol. The zero-order valence-electron chi connectivity index (χ0n) is 17.7. The SMILES string of the molecule is CC1(C)CN(c2ccc(C(=O)O)cc2)c2c(cc3cn[nH]c3c2F)N1c1ccc(Cl)c(F)c1. The van der Waals surface area contributed by atoms with Gasteiger partial charge in [0, 0.05) is 23.3 Å². The number of nitrogens with one attached hydrogen (secondary N) is 1. The van der Waals surface area contributed by atoms with Crippen molar-refractivity contribution in [3.63, 3.8) is 0 Å². The molecule has 1 aliphatic heterocycles. The van der Waals surface area contributed by atoms with E-state index in [9.17, 15) is 14.3 Å². The van der Waals surface area contributed by atoms with Crippen LogP contribution in [0.4, 0.5) is 31.5 Å². The number of aromatic carboxylic acids is 1. The summed E-state index contributed by atoms with van der Waals surface area (Å²) in [5, 5.41) is 16.5. The first-order valence-corrected chi connectivity index (χ1v) is 10.6. The second kappa shape index (κ2) is 7.45. The first-order chi connectivity index (χ1) is 15.7. The number of aromatic nitrogens is 2. The number of carboxylic acid groups (broad SMARTS) is 1. The molecule has 5 rings (SSSR count). The summed E-state index contributed by atoms with van der Waals surface area (Å²) in [6.45, 7) is 4.28. The molecule has 0 fully saturated rings. The highest BCUT2D eigenvalue weighted by Gasteiger charge is 2.41. The van der Waals surface area contributed by atoms with E-state index in [1.54, 1.807) is 23.1 Å². The Labute approximate surface area is 193 Å². The molecule has 0 unspecified atom stereocenters. The average molecular weight is 469 g/mol. The Balaban J connectivity index is 1.76. The van der Waals surface area contributed by atoms with Crippen molar-refractivity contribution in [2.75, 3.05) is 16.3 Å². The highest BCUT2D eigenvalue weighted by molar-refractivity contribution is 6.30. The third-order valence-corrected chi connectivity index (χ3v) is 6.19. The number of carboxylic acids is 1. The van der Waals surface area contributed by atoms with Crippen molar-refractivity contribution in [1.82, 2.24) is 10.2 Å². The van der Waals surface area contributed by atoms with Crippen LogP contribution in [0.2, 0.25) is 5.02 Å². The molecule has 0 aliphatic carbocycles. The minimum Gasteiger partial charge on any atom is -0.478 e. The van der Waals surface area contributed by atoms with Crippen LogP contribution in [-0.2, 0) is 0 Å². The Bertz CT molecular complexity index is 1400. The fraction of sp³-hybridized carbons (Fsp3) is 0.167. The van der Waals surface area contributed by atoms with E-state index in [4.69, 9.17) is 11.6 Å². The van der Waals surface area contributed by atoms with E-state index < -0.39 is 23.1 Å². The summed E-state index contributed by atoms with van der Waals surface area (Å²) >= 11 is 5.90. The van der Waals surface area contributed by atoms with Gasteiger partial charge in [0.2, 0.25) is 0 Å². The Morgan fingerprint density at radius 2 is 1.82 bits per heavy atom. The van der Waals surface area contributed by atoms with Gasteiger partial charge in [0.1, 0.15) is 17.0 Å². The van der Waals surface area contributed by atoms with E-state index in [-0.39, 0.29) is 21.8 Å². The lowest BCUT2D eigenvalue weighted by atomic mass is 9.93. The van der Waals surface area contributed by atoms with Crippen molar-refractivity contribution < 1.29 is 18.7 Å². The summed E-state index contributed by atoms with van der Waals surface area (Å²) in [7, 11) is 0. The van der Waals surface area contributed by atoms with Crippen molar-refractivity contribution >= 4 is 51.2 Å². The van der Waals surface area contributed by atoms with Crippen molar-refractivity contribution in [3.8, 4) is 0 Å². The highest BCUT2D eigenvalue weighted by Crippen LogP contribution is 2.50. The number of hydrogen-bond acceptors (Lipinski definition) is 4. The summed E-state index contributed by atoms with van der Waals surface area (Å²) in [5.41, 5.74) is 1.76. The molecule has 9 heteroatoms. The standard InChI is InChI=1S/C24H19ClF2N4O2/c1-24(2)12-30(15-5-3-13(4-6-15)23(32)33)22-19(9-14-11-28-29-21(14)20(22)27)31(24)16-7-8-17(25)18(26)10-16/h3-11H,12H2,1-2H3,(H,28,29)(H,32,33). The van der Waals surface area contributed by atoms with Gasteiger partial charge in [-0.15, -0.1) is 0 Å². The second-order valence-electron chi connectivity index (χ2n) is 8.58. The first-order valence-electron chi connectivity index (χ1n) is 10.2. The van der Waals surface area contributed by atoms with Crippen molar-refractivity contribution in [1.29, 1.82) is 0 Å². The van der Waals surface area contributed by atoms with Crippen LogP contribution in [0.15, 0.2) is 54.7 Å². The van der Waals surface area contributed by atoms with Gasteiger partial charge in [0.05, 0.1) is 28.0 Å². The van der Waals surface area contributed by atoms with E-state index in [1.807, 2.05) is 24.8 Å². The zero-order chi connectivity index (χ0) is 23.5. The van der Waals surface area contributed by atoms with Crippen LogP contribution in [-0.4, -0.2) is 33.4 Å². The van der Waals surface area contributed by atoms with Gasteiger partial charge in [0.25, 0.3) is 0 Å². The number of anilines is 4. The van der Waals surface area contributed by atoms with Gasteiger partial charge in [-0.1, -0.05) is 11.6 Å². The number of carbonyl (C=O) groups is 1. The molecule has 3 aromatic carbocycles. The lowest BCUT2D eigenvalue weighted by Crippen LogP contribution is -2.53. The Morgan fingerprint density at radius 1 is 1.12 bits per heavy atom. The maximum absolute atomic E-state index is 15.9. The molecule has 0 bridgehead atoms. The van der Waals surface area contributed by atoms with Gasteiger partial charge in [-0.25, -0.2) is 13.6 Å². The number of benzene rings is 3. The van der Waals surface area contributed by atoms with Crippen LogP contribution < -0.4 is 9.80 Å². The minimum absolute atomic E-state index is 0.00500. The Morgan fingerprint density at radius 3 is 2.48 bits per heavy atom. The number of rotatable bonds is 3. The lowest BCUT2D eigenvalue weighted by molar-refractivity contribution is 0.0697. The number of nitrogens with zero attached hydrogens (tertiary/aromatic N) is 3. The third kappa shape index (κ3) is 3.38. The summed E-state index contributed by atoms with van der Waals surface area (Å²) in [6.07, 6.45) is 1.53. The van der Waals surface area contributed by atoms with E-state index in [1.165, 1.54) is 30.5 Å². The van der Waals surface area contributed by atoms with Crippen LogP contribution in [0.3, 0.4) is 0 Å². The second-order valence-corrected chi connectivity index (χ2v) is 8.98. The number of halogens is 3. The summed E-state index contributed by atoms with van der Waals surface area (Å²) in [6, 6.07) is 12.6. The van der Waals surface area contributed by atoms with Gasteiger partial charge < -0.3 is 14.9 Å². The molecule has 0 spiro atoms. The molecular weight excluding hydrogens is 450 g/mol. The molecule has 6 nitrogen and oxygen atoms in total. The van der Waals surface area contributed by atoms with Crippen LogP contribution >= 0.6 is 11.6 Å². The van der Waals surface area contributed by atoms with Gasteiger partial charge in [-0.2, -0.15) is 5.10 Å². The molecule has 2 N–H and O–H groups in total. The number of hydrogen-bond donors (Lipinski definition) is 2. The summed E-state index contributed by atoms with van der Waals surface area (Å²) in [5.74, 6) is -2.11. The maximum atomic E-state index is 15.9. The largest absolute Gasteiger partial charge is 0.478 e. The van der Waals surface area contributed by atoms with Crippen molar-refractivity contribution in [2.24, 2.45) is 0 Å². The maximum Gasteiger partial charge on any atom is 0.335 e. The number of H-pyrrole nitrogens is 1. The van der Waals surface area contributed by atoms with Gasteiger partial charge >= 0.3 is 5.97 Å².